The van der Waals surface area contributed by atoms with Crippen molar-refractivity contribution in [1.29, 1.82) is 0 Å². The standard InChI is InChI=1S/C18H30N2O8.2Mg.4H/c1-19(2,3)11-13(9-15(21)22)27-17(25)7-8-18(26)28-14(10-16(23)24)12-20(4,5)6;;;;;;/h7-8,13-14H,9-12H2,1-6H3;;;;;;/q;2*+2;4*-1/p+2/b8-7+;;;;;;/t13-,14-;;;;;;/m1....../s1. The summed E-state index contributed by atoms with van der Waals surface area (Å²) >= 11 is 0. The first-order valence-corrected chi connectivity index (χ1v) is 8.71. The summed E-state index contributed by atoms with van der Waals surface area (Å²) < 4.78 is 11.0. The molecule has 0 saturated carbocycles. The van der Waals surface area contributed by atoms with Crippen LogP contribution in [-0.2, 0) is 28.7 Å². The predicted octanol–water partition coefficient (Wildman–Crippen LogP) is -0.584. The first kappa shape index (κ1) is 33.7. The van der Waals surface area contributed by atoms with E-state index in [4.69, 9.17) is 19.7 Å². The zero-order valence-electron chi connectivity index (χ0n) is 22.8. The molecule has 0 aromatic rings. The van der Waals surface area contributed by atoms with Crippen molar-refractivity contribution in [2.24, 2.45) is 0 Å². The van der Waals surface area contributed by atoms with Crippen molar-refractivity contribution in [3.05, 3.63) is 12.2 Å². The molecule has 2 atom stereocenters. The normalized spacial score (nSPS) is 13.4. The van der Waals surface area contributed by atoms with Gasteiger partial charge in [-0.2, -0.15) is 0 Å². The number of ether oxygens (including phenoxy) is 2. The summed E-state index contributed by atoms with van der Waals surface area (Å²) in [6, 6.07) is 0. The fraction of sp³-hybridized carbons (Fsp3) is 0.667. The molecule has 0 rings (SSSR count). The van der Waals surface area contributed by atoms with E-state index >= 15 is 0 Å². The second-order valence-electron chi connectivity index (χ2n) is 8.59. The molecule has 0 amide bonds. The van der Waals surface area contributed by atoms with Gasteiger partial charge in [-0.3, -0.25) is 9.59 Å². The molecule has 168 valence electrons. The van der Waals surface area contributed by atoms with Crippen molar-refractivity contribution < 1.29 is 53.5 Å². The van der Waals surface area contributed by atoms with Crippen LogP contribution < -0.4 is 0 Å². The van der Waals surface area contributed by atoms with Gasteiger partial charge in [-0.1, -0.05) is 0 Å². The summed E-state index contributed by atoms with van der Waals surface area (Å²) in [5, 5.41) is 17.9. The van der Waals surface area contributed by atoms with Crippen molar-refractivity contribution in [3.63, 3.8) is 0 Å². The van der Waals surface area contributed by atoms with Crippen LogP contribution in [0.3, 0.4) is 0 Å². The van der Waals surface area contributed by atoms with E-state index in [1.165, 1.54) is 0 Å². The summed E-state index contributed by atoms with van der Waals surface area (Å²) in [6.45, 7) is 0.557. The number of carbonyl (C=O) groups is 4. The molecule has 12 heteroatoms. The minimum atomic E-state index is -1.11. The van der Waals surface area contributed by atoms with E-state index in [1.807, 2.05) is 42.3 Å². The summed E-state index contributed by atoms with van der Waals surface area (Å²) in [5.74, 6) is -3.96. The molecule has 0 radical (unpaired) electrons. The molecule has 2 N–H and O–H groups in total. The molecule has 0 unspecified atom stereocenters. The number of aliphatic carboxylic acids is 2. The maximum absolute atomic E-state index is 11.9. The van der Waals surface area contributed by atoms with Crippen LogP contribution in [0.25, 0.3) is 0 Å². The number of nitrogens with zero attached hydrogens (tertiary/aromatic N) is 2. The van der Waals surface area contributed by atoms with Crippen LogP contribution in [0, 0.1) is 0 Å². The largest absolute Gasteiger partial charge is 2.00 e. The Morgan fingerprint density at radius 2 is 1.00 bits per heavy atom. The van der Waals surface area contributed by atoms with Gasteiger partial charge < -0.3 is 34.4 Å². The van der Waals surface area contributed by atoms with Crippen LogP contribution in [0.2, 0.25) is 0 Å². The molecular formula is C18H36Mg2N2O8+2. The van der Waals surface area contributed by atoms with Gasteiger partial charge in [-0.15, -0.1) is 0 Å². The Bertz CT molecular complexity index is 578. The van der Waals surface area contributed by atoms with Gasteiger partial charge in [-0.25, -0.2) is 9.59 Å². The van der Waals surface area contributed by atoms with Crippen molar-refractivity contribution in [2.45, 2.75) is 25.0 Å². The maximum atomic E-state index is 11.9. The number of carbonyl (C=O) groups excluding carboxylic acids is 2. The van der Waals surface area contributed by atoms with E-state index in [0.29, 0.717) is 8.97 Å². The molecule has 0 aliphatic rings. The van der Waals surface area contributed by atoms with Crippen LogP contribution in [0.1, 0.15) is 18.5 Å². The molecule has 0 aromatic heterocycles. The van der Waals surface area contributed by atoms with Gasteiger partial charge >= 0.3 is 70.0 Å². The Morgan fingerprint density at radius 3 is 1.20 bits per heavy atom. The molecule has 30 heavy (non-hydrogen) atoms. The summed E-state index contributed by atoms with van der Waals surface area (Å²) in [5.41, 5.74) is 0. The third-order valence-electron chi connectivity index (χ3n) is 3.23. The van der Waals surface area contributed by atoms with E-state index in [0.717, 1.165) is 12.2 Å². The minimum absolute atomic E-state index is 0. The summed E-state index contributed by atoms with van der Waals surface area (Å²) in [6.07, 6.45) is -0.743. The van der Waals surface area contributed by atoms with E-state index < -0.39 is 36.1 Å². The van der Waals surface area contributed by atoms with Gasteiger partial charge in [0.1, 0.15) is 13.1 Å². The average molecular weight is 457 g/mol. The van der Waals surface area contributed by atoms with Gasteiger partial charge in [0.25, 0.3) is 0 Å². The Kier molecular flexibility index (Phi) is 16.8. The topological polar surface area (TPSA) is 127 Å². The van der Waals surface area contributed by atoms with Crippen molar-refractivity contribution in [2.75, 3.05) is 55.4 Å². The number of carboxylic acids is 2. The number of hydrogen-bond acceptors (Lipinski definition) is 6. The van der Waals surface area contributed by atoms with Crippen molar-refractivity contribution in [3.8, 4) is 0 Å². The number of hydrogen-bond donors (Lipinski definition) is 2. The summed E-state index contributed by atoms with van der Waals surface area (Å²) in [4.78, 5) is 45.7. The first-order valence-electron chi connectivity index (χ1n) is 8.71. The quantitative estimate of drug-likeness (QED) is 0.173. The molecule has 0 aromatic carbocycles. The van der Waals surface area contributed by atoms with Crippen LogP contribution in [0.5, 0.6) is 0 Å². The zero-order chi connectivity index (χ0) is 22.1. The summed E-state index contributed by atoms with van der Waals surface area (Å²) in [7, 11) is 11.0. The molecule has 10 nitrogen and oxygen atoms in total. The second kappa shape index (κ2) is 15.0. The Morgan fingerprint density at radius 1 is 0.733 bits per heavy atom. The van der Waals surface area contributed by atoms with Gasteiger partial charge in [0.15, 0.2) is 12.2 Å². The van der Waals surface area contributed by atoms with Gasteiger partial charge in [0, 0.05) is 12.2 Å². The monoisotopic (exact) mass is 456 g/mol. The SMILES string of the molecule is C[N+](C)(C)C[C@@H](CC(=O)O)OC(=O)/C=C/C(=O)O[C@H](CC(=O)O)C[N+](C)(C)C.[H-].[H-].[H-].[H-].[Mg+2].[Mg+2]. The van der Waals surface area contributed by atoms with Crippen molar-refractivity contribution in [1.82, 2.24) is 0 Å². The van der Waals surface area contributed by atoms with Gasteiger partial charge in [0.05, 0.1) is 55.1 Å². The van der Waals surface area contributed by atoms with Crippen LogP contribution in [0.4, 0.5) is 0 Å². The molecule has 0 fully saturated rings. The van der Waals surface area contributed by atoms with Gasteiger partial charge in [-0.05, 0) is 0 Å². The van der Waals surface area contributed by atoms with E-state index in [-0.39, 0.29) is 77.7 Å². The van der Waals surface area contributed by atoms with E-state index in [1.54, 1.807) is 0 Å². The van der Waals surface area contributed by atoms with E-state index in [9.17, 15) is 19.2 Å². The Labute approximate surface area is 215 Å². The molecule has 0 spiro atoms. The fourth-order valence-electron chi connectivity index (χ4n) is 2.44. The third-order valence-corrected chi connectivity index (χ3v) is 3.23. The molecule has 0 aliphatic heterocycles. The van der Waals surface area contributed by atoms with Crippen LogP contribution in [0.15, 0.2) is 12.2 Å². The second-order valence-corrected chi connectivity index (χ2v) is 8.59. The molecule has 0 heterocycles. The number of likely N-dealkylation sites (N-methyl/N-ethyl adjacent to an activating group) is 2. The van der Waals surface area contributed by atoms with Crippen molar-refractivity contribution >= 4 is 70.0 Å². The number of quaternary nitrogens is 2. The number of rotatable bonds is 12. The molecule has 0 saturated heterocycles. The minimum Gasteiger partial charge on any atom is -1.00 e. The first-order chi connectivity index (χ1) is 12.6. The maximum Gasteiger partial charge on any atom is 2.00 e. The van der Waals surface area contributed by atoms with Crippen LogP contribution in [-0.4, -0.2) is 157 Å². The third kappa shape index (κ3) is 20.3. The van der Waals surface area contributed by atoms with Gasteiger partial charge in [0.2, 0.25) is 0 Å². The number of esters is 2. The Hall–Kier alpha value is -0.928. The molecule has 0 bridgehead atoms. The number of carboxylic acid groups (broad SMARTS) is 2. The predicted molar refractivity (Wildman–Crippen MR) is 115 cm³/mol. The fourth-order valence-corrected chi connectivity index (χ4v) is 2.44. The Balaban J connectivity index is -0.000000243. The zero-order valence-corrected chi connectivity index (χ0v) is 21.6. The van der Waals surface area contributed by atoms with Crippen LogP contribution >= 0.6 is 0 Å². The average Bonchev–Trinajstić information content (AvgIpc) is 2.39. The molecular weight excluding hydrogens is 421 g/mol. The molecule has 0 aliphatic carbocycles. The smallest absolute Gasteiger partial charge is 1.00 e. The van der Waals surface area contributed by atoms with E-state index in [2.05, 4.69) is 0 Å².